The SMILES string of the molecule is Cc1ccc(-n2nc(C(=O)N[C@@H](C)c3ccccc3)c(=O)n(Cc3ccccc3C)c2=O)cc1C. The van der Waals surface area contributed by atoms with E-state index in [1.165, 1.54) is 0 Å². The highest BCUT2D eigenvalue weighted by Crippen LogP contribution is 2.14. The van der Waals surface area contributed by atoms with Crippen LogP contribution in [0.25, 0.3) is 5.69 Å². The van der Waals surface area contributed by atoms with E-state index >= 15 is 0 Å². The fourth-order valence-electron chi connectivity index (χ4n) is 3.87. The molecule has 0 fully saturated rings. The number of hydrogen-bond acceptors (Lipinski definition) is 4. The van der Waals surface area contributed by atoms with Crippen LogP contribution in [0.5, 0.6) is 0 Å². The Hall–Kier alpha value is -4.26. The minimum atomic E-state index is -0.726. The van der Waals surface area contributed by atoms with E-state index in [-0.39, 0.29) is 18.3 Å². The van der Waals surface area contributed by atoms with Gasteiger partial charge in [-0.1, -0.05) is 60.7 Å². The molecule has 0 saturated carbocycles. The van der Waals surface area contributed by atoms with Crippen LogP contribution in [0.1, 0.15) is 51.3 Å². The number of rotatable bonds is 6. The highest BCUT2D eigenvalue weighted by atomic mass is 16.2. The molecule has 1 N–H and O–H groups in total. The van der Waals surface area contributed by atoms with Gasteiger partial charge < -0.3 is 5.32 Å². The molecular formula is C28H28N4O3. The first-order valence-corrected chi connectivity index (χ1v) is 11.5. The van der Waals surface area contributed by atoms with Gasteiger partial charge >= 0.3 is 5.69 Å². The minimum Gasteiger partial charge on any atom is -0.344 e. The molecule has 7 heteroatoms. The van der Waals surface area contributed by atoms with Crippen LogP contribution in [0.15, 0.2) is 82.4 Å². The molecule has 35 heavy (non-hydrogen) atoms. The zero-order valence-corrected chi connectivity index (χ0v) is 20.3. The van der Waals surface area contributed by atoms with Crippen LogP contribution in [-0.2, 0) is 6.54 Å². The molecule has 178 valence electrons. The van der Waals surface area contributed by atoms with Gasteiger partial charge in [0.1, 0.15) is 0 Å². The van der Waals surface area contributed by atoms with Crippen LogP contribution in [0.4, 0.5) is 0 Å². The highest BCUT2D eigenvalue weighted by molar-refractivity contribution is 5.92. The van der Waals surface area contributed by atoms with Crippen molar-refractivity contribution in [2.45, 2.75) is 40.3 Å². The van der Waals surface area contributed by atoms with Crippen molar-refractivity contribution in [3.8, 4) is 5.69 Å². The number of benzene rings is 3. The van der Waals surface area contributed by atoms with E-state index < -0.39 is 17.2 Å². The predicted octanol–water partition coefficient (Wildman–Crippen LogP) is 3.86. The van der Waals surface area contributed by atoms with Crippen LogP contribution in [0, 0.1) is 20.8 Å². The van der Waals surface area contributed by atoms with Gasteiger partial charge in [-0.3, -0.25) is 14.2 Å². The van der Waals surface area contributed by atoms with E-state index in [0.717, 1.165) is 37.1 Å². The molecule has 1 aromatic heterocycles. The van der Waals surface area contributed by atoms with Gasteiger partial charge in [-0.05, 0) is 67.6 Å². The molecule has 1 atom stereocenters. The number of carbonyl (C=O) groups is 1. The quantitative estimate of drug-likeness (QED) is 0.466. The summed E-state index contributed by atoms with van der Waals surface area (Å²) < 4.78 is 2.21. The lowest BCUT2D eigenvalue weighted by Crippen LogP contribution is -2.46. The molecule has 0 saturated heterocycles. The zero-order chi connectivity index (χ0) is 25.1. The Morgan fingerprint density at radius 3 is 2.26 bits per heavy atom. The molecule has 0 spiro atoms. The largest absolute Gasteiger partial charge is 0.352 e. The van der Waals surface area contributed by atoms with Crippen molar-refractivity contribution in [3.05, 3.63) is 127 Å². The van der Waals surface area contributed by atoms with Gasteiger partial charge in [-0.2, -0.15) is 9.78 Å². The van der Waals surface area contributed by atoms with Crippen molar-refractivity contribution in [1.29, 1.82) is 0 Å². The average Bonchev–Trinajstić information content (AvgIpc) is 2.85. The number of nitrogens with zero attached hydrogens (tertiary/aromatic N) is 3. The van der Waals surface area contributed by atoms with E-state index in [2.05, 4.69) is 10.4 Å². The fraction of sp³-hybridized carbons (Fsp3) is 0.214. The minimum absolute atomic E-state index is 0.0340. The Kier molecular flexibility index (Phi) is 6.78. The van der Waals surface area contributed by atoms with Gasteiger partial charge in [0.05, 0.1) is 18.3 Å². The summed E-state index contributed by atoms with van der Waals surface area (Å²) in [6.45, 7) is 7.68. The smallest absolute Gasteiger partial charge is 0.344 e. The summed E-state index contributed by atoms with van der Waals surface area (Å²) in [5, 5.41) is 7.09. The maximum atomic E-state index is 13.5. The first-order valence-electron chi connectivity index (χ1n) is 11.5. The normalized spacial score (nSPS) is 11.8. The van der Waals surface area contributed by atoms with Gasteiger partial charge in [-0.25, -0.2) is 4.79 Å². The summed E-state index contributed by atoms with van der Waals surface area (Å²) in [6, 6.07) is 22.1. The van der Waals surface area contributed by atoms with Gasteiger partial charge in [0, 0.05) is 0 Å². The van der Waals surface area contributed by atoms with Crippen LogP contribution in [-0.4, -0.2) is 20.3 Å². The molecule has 7 nitrogen and oxygen atoms in total. The third kappa shape index (κ3) is 4.99. The summed E-state index contributed by atoms with van der Waals surface area (Å²) in [4.78, 5) is 40.1. The Bertz CT molecular complexity index is 1500. The predicted molar refractivity (Wildman–Crippen MR) is 136 cm³/mol. The number of aryl methyl sites for hydroxylation is 3. The van der Waals surface area contributed by atoms with Gasteiger partial charge in [0.15, 0.2) is 0 Å². The standard InChI is InChI=1S/C28H28N4O3/c1-18-14-15-24(16-20(18)3)32-28(35)31(17-23-13-9-8-10-19(23)2)27(34)25(30-32)26(33)29-21(4)22-11-6-5-7-12-22/h5-16,21H,17H2,1-4H3,(H,29,33)/t21-/m0/s1. The molecule has 0 unspecified atom stereocenters. The van der Waals surface area contributed by atoms with Crippen molar-refractivity contribution in [1.82, 2.24) is 19.7 Å². The maximum Gasteiger partial charge on any atom is 0.352 e. The van der Waals surface area contributed by atoms with E-state index in [1.54, 1.807) is 6.07 Å². The molecule has 4 rings (SSSR count). The second kappa shape index (κ2) is 9.93. The molecule has 1 heterocycles. The van der Waals surface area contributed by atoms with E-state index in [0.29, 0.717) is 5.69 Å². The summed E-state index contributed by atoms with van der Waals surface area (Å²) >= 11 is 0. The summed E-state index contributed by atoms with van der Waals surface area (Å²) in [6.07, 6.45) is 0. The highest BCUT2D eigenvalue weighted by Gasteiger charge is 2.22. The summed E-state index contributed by atoms with van der Waals surface area (Å²) in [5.41, 5.74) is 3.50. The number of aromatic nitrogens is 3. The van der Waals surface area contributed by atoms with Crippen LogP contribution in [0.3, 0.4) is 0 Å². The van der Waals surface area contributed by atoms with E-state index in [4.69, 9.17) is 0 Å². The third-order valence-electron chi connectivity index (χ3n) is 6.25. The topological polar surface area (TPSA) is 86.0 Å². The summed E-state index contributed by atoms with van der Waals surface area (Å²) in [7, 11) is 0. The van der Waals surface area contributed by atoms with Crippen molar-refractivity contribution in [3.63, 3.8) is 0 Å². The third-order valence-corrected chi connectivity index (χ3v) is 6.25. The molecular weight excluding hydrogens is 440 g/mol. The van der Waals surface area contributed by atoms with Crippen LogP contribution >= 0.6 is 0 Å². The van der Waals surface area contributed by atoms with E-state index in [9.17, 15) is 14.4 Å². The zero-order valence-electron chi connectivity index (χ0n) is 20.3. The first-order chi connectivity index (χ1) is 16.8. The molecule has 0 aliphatic heterocycles. The Balaban J connectivity index is 1.84. The number of hydrogen-bond donors (Lipinski definition) is 1. The second-order valence-electron chi connectivity index (χ2n) is 8.74. The van der Waals surface area contributed by atoms with Gasteiger partial charge in [-0.15, -0.1) is 0 Å². The van der Waals surface area contributed by atoms with E-state index in [1.807, 2.05) is 94.4 Å². The van der Waals surface area contributed by atoms with Crippen molar-refractivity contribution in [2.75, 3.05) is 0 Å². The van der Waals surface area contributed by atoms with Crippen molar-refractivity contribution < 1.29 is 4.79 Å². The molecule has 0 aliphatic rings. The van der Waals surface area contributed by atoms with Gasteiger partial charge in [0.25, 0.3) is 11.5 Å². The Labute approximate surface area is 203 Å². The lowest BCUT2D eigenvalue weighted by atomic mass is 10.1. The average molecular weight is 469 g/mol. The van der Waals surface area contributed by atoms with Crippen molar-refractivity contribution >= 4 is 5.91 Å². The Morgan fingerprint density at radius 2 is 1.57 bits per heavy atom. The summed E-state index contributed by atoms with van der Waals surface area (Å²) in [5.74, 6) is -0.637. The molecule has 0 bridgehead atoms. The molecule has 3 aromatic carbocycles. The lowest BCUT2D eigenvalue weighted by Gasteiger charge is -2.16. The van der Waals surface area contributed by atoms with Crippen molar-refractivity contribution in [2.24, 2.45) is 0 Å². The van der Waals surface area contributed by atoms with Crippen LogP contribution < -0.4 is 16.6 Å². The molecule has 4 aromatic rings. The monoisotopic (exact) mass is 468 g/mol. The maximum absolute atomic E-state index is 13.5. The molecule has 0 aliphatic carbocycles. The number of nitrogens with one attached hydrogen (secondary N) is 1. The number of amides is 1. The molecule has 1 amide bonds. The van der Waals surface area contributed by atoms with Gasteiger partial charge in [0.2, 0.25) is 5.69 Å². The Morgan fingerprint density at radius 1 is 0.886 bits per heavy atom. The lowest BCUT2D eigenvalue weighted by molar-refractivity contribution is 0.0930. The first kappa shape index (κ1) is 23.9. The van der Waals surface area contributed by atoms with Crippen LogP contribution in [0.2, 0.25) is 0 Å². The number of carbonyl (C=O) groups excluding carboxylic acids is 1. The second-order valence-corrected chi connectivity index (χ2v) is 8.74. The fourth-order valence-corrected chi connectivity index (χ4v) is 3.87. The molecule has 0 radical (unpaired) electrons.